The fraction of sp³-hybridized carbons (Fsp3) is 0.250. The van der Waals surface area contributed by atoms with Crippen LogP contribution in [0.25, 0.3) is 27.8 Å². The largest absolute Gasteiger partial charge is 0.495 e. The Morgan fingerprint density at radius 1 is 0.961 bits per heavy atom. The Kier molecular flexibility index (Phi) is 10.7. The van der Waals surface area contributed by atoms with Gasteiger partial charge in [-0.15, -0.1) is 0 Å². The molecule has 12 nitrogen and oxygen atoms in total. The zero-order valence-electron chi connectivity index (χ0n) is 28.0. The Bertz CT molecular complexity index is 2140. The Hall–Kier alpha value is -5.24. The van der Waals surface area contributed by atoms with Crippen molar-refractivity contribution in [1.29, 1.82) is 0 Å². The van der Waals surface area contributed by atoms with Crippen molar-refractivity contribution in [3.63, 3.8) is 0 Å². The van der Waals surface area contributed by atoms with E-state index in [4.69, 9.17) is 42.6 Å². The SMILES string of the molecule is C=CC(=O)Nc1cc(F)ccc1Nc1ncc2cc(-c3c(Cl)c(OC)cc(OC)c3Cl)c3nc(CCCN4CCN(C(=O)C=C)CC4)cn3c2n1. The summed E-state index contributed by atoms with van der Waals surface area (Å²) in [5.74, 6) is -0.128. The van der Waals surface area contributed by atoms with E-state index in [0.29, 0.717) is 64.5 Å². The number of nitrogens with one attached hydrogen (secondary N) is 2. The van der Waals surface area contributed by atoms with E-state index in [1.807, 2.05) is 16.7 Å². The summed E-state index contributed by atoms with van der Waals surface area (Å²) in [5.41, 5.74) is 3.53. The van der Waals surface area contributed by atoms with Gasteiger partial charge in [0, 0.05) is 61.2 Å². The smallest absolute Gasteiger partial charge is 0.247 e. The second-order valence-corrected chi connectivity index (χ2v) is 12.5. The van der Waals surface area contributed by atoms with Crippen LogP contribution in [-0.2, 0) is 16.0 Å². The molecule has 2 amide bonds. The fourth-order valence-corrected chi connectivity index (χ4v) is 6.71. The molecule has 0 radical (unpaired) electrons. The van der Waals surface area contributed by atoms with Crippen molar-refractivity contribution in [2.24, 2.45) is 0 Å². The molecule has 1 aliphatic rings. The first-order valence-corrected chi connectivity index (χ1v) is 16.8. The number of nitrogens with zero attached hydrogens (tertiary/aromatic N) is 6. The summed E-state index contributed by atoms with van der Waals surface area (Å²) >= 11 is 13.8. The Morgan fingerprint density at radius 3 is 2.35 bits per heavy atom. The van der Waals surface area contributed by atoms with Crippen LogP contribution in [0.3, 0.4) is 0 Å². The maximum absolute atomic E-state index is 14.1. The summed E-state index contributed by atoms with van der Waals surface area (Å²) in [6.07, 6.45) is 7.49. The highest BCUT2D eigenvalue weighted by molar-refractivity contribution is 6.41. The van der Waals surface area contributed by atoms with Gasteiger partial charge in [-0.1, -0.05) is 36.4 Å². The molecule has 0 atom stereocenters. The van der Waals surface area contributed by atoms with Gasteiger partial charge in [0.25, 0.3) is 0 Å². The van der Waals surface area contributed by atoms with Crippen LogP contribution < -0.4 is 20.1 Å². The number of anilines is 3. The quantitative estimate of drug-likeness (QED) is 0.138. The summed E-state index contributed by atoms with van der Waals surface area (Å²) < 4.78 is 27.1. The van der Waals surface area contributed by atoms with E-state index < -0.39 is 11.7 Å². The molecule has 0 unspecified atom stereocenters. The standard InChI is InChI=1S/C36H35Cl2FN8O4/c1-5-29(48)42-26-17-22(39)9-10-25(26)43-36-40-19-21-16-24(31-32(37)27(50-3)18-28(51-4)33(31)38)35-41-23(20-47(35)34(21)44-36)8-7-11-45-12-14-46(15-13-45)30(49)6-2/h5-6,9-10,16-20H,1-2,7-8,11-15H2,3-4H3,(H,42,48)(H,40,43,44). The zero-order chi connectivity index (χ0) is 36.2. The van der Waals surface area contributed by atoms with Crippen molar-refractivity contribution in [3.8, 4) is 22.6 Å². The lowest BCUT2D eigenvalue weighted by Crippen LogP contribution is -2.48. The number of carbonyl (C=O) groups excluding carboxylic acids is 2. The molecule has 3 aromatic heterocycles. The first-order valence-electron chi connectivity index (χ1n) is 16.1. The van der Waals surface area contributed by atoms with Crippen LogP contribution in [0.4, 0.5) is 21.7 Å². The molecule has 2 N–H and O–H groups in total. The first kappa shape index (κ1) is 35.6. The van der Waals surface area contributed by atoms with Gasteiger partial charge in [0.2, 0.25) is 17.8 Å². The van der Waals surface area contributed by atoms with Gasteiger partial charge in [0.1, 0.15) is 23.0 Å². The van der Waals surface area contributed by atoms with Crippen LogP contribution in [-0.4, -0.2) is 87.9 Å². The van der Waals surface area contributed by atoms with E-state index in [-0.39, 0.29) is 27.6 Å². The van der Waals surface area contributed by atoms with E-state index in [9.17, 15) is 14.0 Å². The molecule has 0 bridgehead atoms. The second kappa shape index (κ2) is 15.3. The van der Waals surface area contributed by atoms with E-state index in [2.05, 4.69) is 33.7 Å². The number of amides is 2. The average Bonchev–Trinajstić information content (AvgIpc) is 3.57. The summed E-state index contributed by atoms with van der Waals surface area (Å²) in [6, 6.07) is 7.41. The predicted molar refractivity (Wildman–Crippen MR) is 197 cm³/mol. The highest BCUT2D eigenvalue weighted by Gasteiger charge is 2.24. The topological polar surface area (TPSA) is 126 Å². The number of carbonyl (C=O) groups is 2. The molecule has 51 heavy (non-hydrogen) atoms. The Balaban J connectivity index is 1.39. The van der Waals surface area contributed by atoms with Gasteiger partial charge in [0.15, 0.2) is 5.65 Å². The number of fused-ring (bicyclic) bond motifs is 3. The fourth-order valence-electron chi connectivity index (χ4n) is 6.00. The lowest BCUT2D eigenvalue weighted by molar-refractivity contribution is -0.127. The molecule has 5 aromatic rings. The highest BCUT2D eigenvalue weighted by Crippen LogP contribution is 2.47. The minimum Gasteiger partial charge on any atom is -0.495 e. The average molecular weight is 734 g/mol. The molecule has 1 aliphatic heterocycles. The number of ether oxygens (including phenoxy) is 2. The van der Waals surface area contributed by atoms with Crippen molar-refractivity contribution < 1.29 is 23.5 Å². The maximum atomic E-state index is 14.1. The Morgan fingerprint density at radius 2 is 1.69 bits per heavy atom. The van der Waals surface area contributed by atoms with Gasteiger partial charge in [-0.2, -0.15) is 4.98 Å². The van der Waals surface area contributed by atoms with Gasteiger partial charge in [-0.05, 0) is 55.8 Å². The van der Waals surface area contributed by atoms with Gasteiger partial charge >= 0.3 is 0 Å². The van der Waals surface area contributed by atoms with E-state index in [1.165, 1.54) is 38.5 Å². The summed E-state index contributed by atoms with van der Waals surface area (Å²) in [4.78, 5) is 42.5. The molecule has 264 valence electrons. The molecule has 0 aliphatic carbocycles. The number of benzene rings is 2. The monoisotopic (exact) mass is 732 g/mol. The van der Waals surface area contributed by atoms with Crippen molar-refractivity contribution in [1.82, 2.24) is 29.2 Å². The molecular formula is C36H35Cl2FN8O4. The predicted octanol–water partition coefficient (Wildman–Crippen LogP) is 6.54. The summed E-state index contributed by atoms with van der Waals surface area (Å²) in [5, 5.41) is 6.90. The lowest BCUT2D eigenvalue weighted by atomic mass is 10.0. The van der Waals surface area contributed by atoms with Gasteiger partial charge < -0.3 is 25.0 Å². The number of piperazine rings is 1. The minimum atomic E-state index is -0.531. The number of methoxy groups -OCH3 is 2. The number of rotatable bonds is 12. The third kappa shape index (κ3) is 7.46. The number of pyridine rings is 1. The molecule has 4 heterocycles. The number of aromatic nitrogens is 4. The minimum absolute atomic E-state index is 0.0454. The van der Waals surface area contributed by atoms with Crippen LogP contribution in [0.1, 0.15) is 12.1 Å². The lowest BCUT2D eigenvalue weighted by Gasteiger charge is -2.34. The summed E-state index contributed by atoms with van der Waals surface area (Å²) in [7, 11) is 3.02. The normalized spacial score (nSPS) is 13.3. The van der Waals surface area contributed by atoms with Crippen LogP contribution in [0.5, 0.6) is 11.5 Å². The molecule has 15 heteroatoms. The third-order valence-electron chi connectivity index (χ3n) is 8.60. The van der Waals surface area contributed by atoms with E-state index >= 15 is 0 Å². The summed E-state index contributed by atoms with van der Waals surface area (Å²) in [6.45, 7) is 10.8. The molecule has 0 spiro atoms. The van der Waals surface area contributed by atoms with Crippen molar-refractivity contribution >= 4 is 69.0 Å². The second-order valence-electron chi connectivity index (χ2n) is 11.7. The highest BCUT2D eigenvalue weighted by atomic mass is 35.5. The third-order valence-corrected chi connectivity index (χ3v) is 9.35. The molecule has 0 saturated carbocycles. The number of halogens is 3. The molecule has 6 rings (SSSR count). The number of imidazole rings is 1. The first-order chi connectivity index (χ1) is 24.6. The number of aryl methyl sites for hydroxylation is 1. The van der Waals surface area contributed by atoms with Crippen LogP contribution in [0.2, 0.25) is 10.0 Å². The van der Waals surface area contributed by atoms with Crippen LogP contribution >= 0.6 is 23.2 Å². The van der Waals surface area contributed by atoms with Crippen molar-refractivity contribution in [2.45, 2.75) is 12.8 Å². The van der Waals surface area contributed by atoms with E-state index in [0.717, 1.165) is 37.8 Å². The maximum Gasteiger partial charge on any atom is 0.247 e. The zero-order valence-corrected chi connectivity index (χ0v) is 29.5. The molecule has 1 saturated heterocycles. The van der Waals surface area contributed by atoms with Crippen molar-refractivity contribution in [3.05, 3.63) is 89.6 Å². The van der Waals surface area contributed by atoms with Gasteiger partial charge in [-0.25, -0.2) is 14.4 Å². The van der Waals surface area contributed by atoms with Gasteiger partial charge in [-0.3, -0.25) is 18.9 Å². The van der Waals surface area contributed by atoms with Crippen LogP contribution in [0, 0.1) is 5.82 Å². The van der Waals surface area contributed by atoms with Crippen LogP contribution in [0.15, 0.2) is 68.0 Å². The number of hydrogen-bond acceptors (Lipinski definition) is 9. The molecule has 1 fully saturated rings. The number of hydrogen-bond donors (Lipinski definition) is 2. The molecular weight excluding hydrogens is 698 g/mol. The van der Waals surface area contributed by atoms with Gasteiger partial charge in [0.05, 0.1) is 41.3 Å². The van der Waals surface area contributed by atoms with Crippen molar-refractivity contribution in [2.75, 3.05) is 57.6 Å². The molecule has 2 aromatic carbocycles. The van der Waals surface area contributed by atoms with E-state index in [1.54, 1.807) is 17.2 Å². The Labute approximate surface area is 303 Å².